The second-order valence-corrected chi connectivity index (χ2v) is 27.5. The fourth-order valence-electron chi connectivity index (χ4n) is 12.9. The molecule has 0 aliphatic carbocycles. The van der Waals surface area contributed by atoms with E-state index in [-0.39, 0.29) is 12.5 Å². The number of unbranched alkanes of at least 4 members (excludes halogenated alkanes) is 42. The highest BCUT2D eigenvalue weighted by Crippen LogP contribution is 2.30. The Morgan fingerprint density at radius 1 is 0.398 bits per heavy atom. The molecule has 2 saturated heterocycles. The average Bonchev–Trinajstić information content (AvgIpc) is 0.851. The van der Waals surface area contributed by atoms with Crippen molar-refractivity contribution in [3.8, 4) is 0 Å². The van der Waals surface area contributed by atoms with Crippen LogP contribution in [0.1, 0.15) is 341 Å². The maximum absolute atomic E-state index is 13.4. The molecule has 9 N–H and O–H groups in total. The van der Waals surface area contributed by atoms with Crippen LogP contribution in [0, 0.1) is 0 Å². The van der Waals surface area contributed by atoms with Crippen LogP contribution in [-0.4, -0.2) is 140 Å². The van der Waals surface area contributed by atoms with Crippen molar-refractivity contribution in [3.05, 3.63) is 60.8 Å². The van der Waals surface area contributed by atoms with Gasteiger partial charge in [0, 0.05) is 6.42 Å². The third-order valence-electron chi connectivity index (χ3n) is 19.0. The van der Waals surface area contributed by atoms with Gasteiger partial charge in [0.2, 0.25) is 5.91 Å². The molecule has 1 amide bonds. The zero-order chi connectivity index (χ0) is 67.3. The first-order valence-corrected chi connectivity index (χ1v) is 39.0. The maximum atomic E-state index is 13.4. The molecule has 2 aliphatic heterocycles. The Kier molecular flexibility index (Phi) is 58.9. The highest BCUT2D eigenvalue weighted by Gasteiger charge is 2.51. The summed E-state index contributed by atoms with van der Waals surface area (Å²) in [7, 11) is 0. The van der Waals surface area contributed by atoms with Crippen molar-refractivity contribution in [3.63, 3.8) is 0 Å². The summed E-state index contributed by atoms with van der Waals surface area (Å²) in [6, 6.07) is -0.833. The molecule has 2 aliphatic rings. The molecule has 0 saturated carbocycles. The summed E-state index contributed by atoms with van der Waals surface area (Å²) < 4.78 is 23.0. The number of aliphatic hydroxyl groups is 8. The van der Waals surface area contributed by atoms with Crippen LogP contribution < -0.4 is 5.32 Å². The number of hydrogen-bond donors (Lipinski definition) is 9. The van der Waals surface area contributed by atoms with Crippen molar-refractivity contribution in [1.29, 1.82) is 0 Å². The first-order chi connectivity index (χ1) is 45.6. The highest BCUT2D eigenvalue weighted by molar-refractivity contribution is 5.76. The Labute approximate surface area is 568 Å². The number of aliphatic hydroxyl groups excluding tert-OH is 8. The molecule has 0 aromatic heterocycles. The first-order valence-electron chi connectivity index (χ1n) is 39.0. The van der Waals surface area contributed by atoms with Crippen LogP contribution in [0.15, 0.2) is 60.8 Å². The van der Waals surface area contributed by atoms with E-state index in [1.54, 1.807) is 0 Å². The Balaban J connectivity index is 1.62. The van der Waals surface area contributed by atoms with Crippen LogP contribution in [0.3, 0.4) is 0 Å². The minimum atomic E-state index is -1.78. The van der Waals surface area contributed by atoms with Crippen LogP contribution in [-0.2, 0) is 23.7 Å². The Morgan fingerprint density at radius 2 is 0.742 bits per heavy atom. The Hall–Kier alpha value is -2.31. The van der Waals surface area contributed by atoms with Crippen LogP contribution in [0.4, 0.5) is 0 Å². The lowest BCUT2D eigenvalue weighted by Crippen LogP contribution is -2.65. The molecule has 2 rings (SSSR count). The molecule has 12 atom stereocenters. The lowest BCUT2D eigenvalue weighted by atomic mass is 9.97. The SMILES string of the molecule is CC/C=C\C/C=C\C/C=C\C/C=C\C/C=C\CCCCCCCCCCCCCCCCCC(=O)NC(COC1OC(CO)C(OC2OC(CO)C(O)C(O)C2O)C(O)C1O)C(O)CCCCCCCCCCCCCCCCCCCCCCCCCCCCCC. The maximum Gasteiger partial charge on any atom is 0.220 e. The zero-order valence-electron chi connectivity index (χ0n) is 59.5. The van der Waals surface area contributed by atoms with Gasteiger partial charge in [-0.3, -0.25) is 4.79 Å². The minimum Gasteiger partial charge on any atom is -0.394 e. The van der Waals surface area contributed by atoms with E-state index in [1.807, 2.05) is 0 Å². The molecule has 14 heteroatoms. The molecule has 0 aromatic carbocycles. The third kappa shape index (κ3) is 46.6. The van der Waals surface area contributed by atoms with Crippen LogP contribution >= 0.6 is 0 Å². The van der Waals surface area contributed by atoms with Gasteiger partial charge < -0.3 is 65.1 Å². The number of allylic oxidation sites excluding steroid dienone is 10. The number of carbonyl (C=O) groups is 1. The fourth-order valence-corrected chi connectivity index (χ4v) is 12.9. The molecule has 14 nitrogen and oxygen atoms in total. The lowest BCUT2D eigenvalue weighted by molar-refractivity contribution is -0.359. The summed E-state index contributed by atoms with van der Waals surface area (Å²) in [5.41, 5.74) is 0. The molecule has 2 heterocycles. The van der Waals surface area contributed by atoms with Gasteiger partial charge in [-0.2, -0.15) is 0 Å². The number of nitrogens with one attached hydrogen (secondary N) is 1. The van der Waals surface area contributed by atoms with Gasteiger partial charge in [-0.25, -0.2) is 0 Å². The number of ether oxygens (including phenoxy) is 4. The van der Waals surface area contributed by atoms with E-state index in [4.69, 9.17) is 18.9 Å². The number of hydrogen-bond acceptors (Lipinski definition) is 13. The molecule has 12 unspecified atom stereocenters. The van der Waals surface area contributed by atoms with Crippen LogP contribution in [0.2, 0.25) is 0 Å². The lowest BCUT2D eigenvalue weighted by Gasteiger charge is -2.46. The van der Waals surface area contributed by atoms with Crippen molar-refractivity contribution in [2.24, 2.45) is 0 Å². The average molecular weight is 1320 g/mol. The van der Waals surface area contributed by atoms with E-state index in [1.165, 1.54) is 231 Å². The van der Waals surface area contributed by atoms with Crippen molar-refractivity contribution in [2.75, 3.05) is 19.8 Å². The van der Waals surface area contributed by atoms with Gasteiger partial charge in [0.1, 0.15) is 48.8 Å². The monoisotopic (exact) mass is 1320 g/mol. The number of rotatable bonds is 65. The van der Waals surface area contributed by atoms with E-state index in [2.05, 4.69) is 79.9 Å². The van der Waals surface area contributed by atoms with Crippen molar-refractivity contribution in [1.82, 2.24) is 5.32 Å². The topological polar surface area (TPSA) is 228 Å². The normalized spacial score (nSPS) is 22.9. The molecule has 544 valence electrons. The second kappa shape index (κ2) is 63.2. The third-order valence-corrected chi connectivity index (χ3v) is 19.0. The van der Waals surface area contributed by atoms with Gasteiger partial charge >= 0.3 is 0 Å². The summed E-state index contributed by atoms with van der Waals surface area (Å²) in [6.45, 7) is 2.80. The zero-order valence-corrected chi connectivity index (χ0v) is 59.5. The fraction of sp³-hybridized carbons (Fsp3) is 0.861. The van der Waals surface area contributed by atoms with Gasteiger partial charge in [-0.05, 0) is 57.8 Å². The molecule has 0 spiro atoms. The largest absolute Gasteiger partial charge is 0.394 e. The second-order valence-electron chi connectivity index (χ2n) is 27.5. The summed E-state index contributed by atoms with van der Waals surface area (Å²) in [6.07, 6.45) is 68.2. The van der Waals surface area contributed by atoms with Gasteiger partial charge in [0.25, 0.3) is 0 Å². The molecule has 2 fully saturated rings. The first kappa shape index (κ1) is 86.8. The van der Waals surface area contributed by atoms with Crippen molar-refractivity contribution in [2.45, 2.75) is 415 Å². The van der Waals surface area contributed by atoms with Gasteiger partial charge in [-0.15, -0.1) is 0 Å². The summed E-state index contributed by atoms with van der Waals surface area (Å²) in [5, 5.41) is 87.8. The predicted octanol–water partition coefficient (Wildman–Crippen LogP) is 17.2. The minimum absolute atomic E-state index is 0.203. The van der Waals surface area contributed by atoms with E-state index in [0.29, 0.717) is 12.8 Å². The highest BCUT2D eigenvalue weighted by atomic mass is 16.7. The van der Waals surface area contributed by atoms with Gasteiger partial charge in [0.15, 0.2) is 12.6 Å². The van der Waals surface area contributed by atoms with Crippen LogP contribution in [0.25, 0.3) is 0 Å². The number of carbonyl (C=O) groups excluding carboxylic acids is 1. The molecular weight excluding hydrogens is 1170 g/mol. The smallest absolute Gasteiger partial charge is 0.220 e. The van der Waals surface area contributed by atoms with Gasteiger partial charge in [-0.1, -0.05) is 338 Å². The molecule has 0 bridgehead atoms. The number of amides is 1. The van der Waals surface area contributed by atoms with E-state index >= 15 is 0 Å². The standard InChI is InChI=1S/C79H145NO13/c1-3-5-7-9-11-13-15-17-19-21-23-25-27-29-31-33-34-35-37-39-41-43-45-47-49-51-53-55-57-59-61-63-71(84)80-67(66-90-78-76(89)74(87)77(70(65-82)92-78)93-79-75(88)73(86)72(85)69(64-81)91-79)68(83)62-60-58-56-54-52-50-48-46-44-42-40-38-36-32-30-28-26-24-22-20-18-16-14-12-10-8-6-4-2/h5,7,11,13,17,19,23,25,29,31,67-70,72-79,81-83,85-89H,3-4,6,8-10,12,14-16,18,20-22,24,26-28,30,32-66H2,1-2H3,(H,80,84)/b7-5-,13-11-,19-17-,25-23-,31-29-. The molecule has 0 radical (unpaired) electrons. The van der Waals surface area contributed by atoms with E-state index in [0.717, 1.165) is 83.5 Å². The Morgan fingerprint density at radius 3 is 1.14 bits per heavy atom. The van der Waals surface area contributed by atoms with Crippen molar-refractivity contribution >= 4 is 5.91 Å². The summed E-state index contributed by atoms with van der Waals surface area (Å²) >= 11 is 0. The molecule has 0 aromatic rings. The van der Waals surface area contributed by atoms with Gasteiger partial charge in [0.05, 0.1) is 32.0 Å². The predicted molar refractivity (Wildman–Crippen MR) is 383 cm³/mol. The van der Waals surface area contributed by atoms with Crippen molar-refractivity contribution < 1.29 is 64.6 Å². The summed E-state index contributed by atoms with van der Waals surface area (Å²) in [5.74, 6) is -0.203. The van der Waals surface area contributed by atoms with Crippen LogP contribution in [0.5, 0.6) is 0 Å². The Bertz CT molecular complexity index is 1790. The van der Waals surface area contributed by atoms with E-state index in [9.17, 15) is 45.6 Å². The van der Waals surface area contributed by atoms with E-state index < -0.39 is 86.8 Å². The molecular formula is C79H145NO13. The molecule has 93 heavy (non-hydrogen) atoms. The quantitative estimate of drug-likeness (QED) is 0.0204. The summed E-state index contributed by atoms with van der Waals surface area (Å²) in [4.78, 5) is 13.4.